The monoisotopic (exact) mass is 304 g/mol. The maximum Gasteiger partial charge on any atom is 0.306 e. The average molecular weight is 304 g/mol. The lowest BCUT2D eigenvalue weighted by atomic mass is 9.91. The summed E-state index contributed by atoms with van der Waals surface area (Å²) in [6, 6.07) is 6.73. The van der Waals surface area contributed by atoms with Crippen molar-refractivity contribution in [2.45, 2.75) is 12.3 Å². The minimum atomic E-state index is -0.472. The Hall–Kier alpha value is -2.41. The van der Waals surface area contributed by atoms with Crippen molar-refractivity contribution in [3.63, 3.8) is 0 Å². The van der Waals surface area contributed by atoms with Crippen molar-refractivity contribution in [3.8, 4) is 5.75 Å². The van der Waals surface area contributed by atoms with E-state index in [1.807, 2.05) is 0 Å². The number of hydrogen-bond donors (Lipinski definition) is 1. The van der Waals surface area contributed by atoms with Crippen molar-refractivity contribution in [2.75, 3.05) is 7.11 Å². The molecule has 3 aromatic rings. The van der Waals surface area contributed by atoms with E-state index < -0.39 is 11.9 Å². The molecule has 0 aliphatic heterocycles. The van der Waals surface area contributed by atoms with Crippen molar-refractivity contribution in [1.82, 2.24) is 8.75 Å². The van der Waals surface area contributed by atoms with E-state index in [-0.39, 0.29) is 12.2 Å². The van der Waals surface area contributed by atoms with E-state index in [4.69, 9.17) is 9.15 Å². The van der Waals surface area contributed by atoms with Crippen LogP contribution in [0.3, 0.4) is 0 Å². The maximum absolute atomic E-state index is 11.7. The highest BCUT2D eigenvalue weighted by Gasteiger charge is 2.27. The summed E-state index contributed by atoms with van der Waals surface area (Å²) in [6.45, 7) is 0. The number of furan rings is 1. The van der Waals surface area contributed by atoms with E-state index in [2.05, 4.69) is 8.75 Å². The lowest BCUT2D eigenvalue weighted by Crippen LogP contribution is -2.10. The van der Waals surface area contributed by atoms with Crippen LogP contribution in [0.5, 0.6) is 5.75 Å². The van der Waals surface area contributed by atoms with Crippen LogP contribution in [0, 0.1) is 0 Å². The molecular formula is C14H12N2O4S. The first-order chi connectivity index (χ1) is 10.2. The zero-order valence-corrected chi connectivity index (χ0v) is 12.0. The van der Waals surface area contributed by atoms with Gasteiger partial charge in [0.15, 0.2) is 0 Å². The fourth-order valence-corrected chi connectivity index (χ4v) is 2.84. The van der Waals surface area contributed by atoms with E-state index in [1.165, 1.54) is 13.4 Å². The van der Waals surface area contributed by atoms with Crippen molar-refractivity contribution in [2.24, 2.45) is 0 Å². The second-order valence-electron chi connectivity index (χ2n) is 4.48. The van der Waals surface area contributed by atoms with E-state index in [1.54, 1.807) is 24.3 Å². The van der Waals surface area contributed by atoms with Crippen LogP contribution in [-0.2, 0) is 9.53 Å². The molecule has 1 N–H and O–H groups in total. The zero-order valence-electron chi connectivity index (χ0n) is 11.1. The highest BCUT2D eigenvalue weighted by atomic mass is 32.1. The molecule has 0 saturated heterocycles. The van der Waals surface area contributed by atoms with E-state index in [9.17, 15) is 9.90 Å². The minimum absolute atomic E-state index is 0.0498. The molecule has 0 fully saturated rings. The van der Waals surface area contributed by atoms with Gasteiger partial charge in [-0.25, -0.2) is 0 Å². The molecule has 2 aromatic heterocycles. The Balaban J connectivity index is 2.16. The van der Waals surface area contributed by atoms with Gasteiger partial charge in [0.25, 0.3) is 0 Å². The number of phenolic OH excluding ortho intramolecular Hbond substituents is 1. The van der Waals surface area contributed by atoms with Gasteiger partial charge in [-0.15, -0.1) is 0 Å². The molecule has 3 rings (SSSR count). The van der Waals surface area contributed by atoms with E-state index in [0.29, 0.717) is 22.4 Å². The quantitative estimate of drug-likeness (QED) is 0.746. The molecule has 0 spiro atoms. The van der Waals surface area contributed by atoms with E-state index in [0.717, 1.165) is 11.7 Å². The van der Waals surface area contributed by atoms with Crippen molar-refractivity contribution < 1.29 is 19.1 Å². The highest BCUT2D eigenvalue weighted by Crippen LogP contribution is 2.38. The number of carbonyl (C=O) groups excluding carboxylic acids is 1. The summed E-state index contributed by atoms with van der Waals surface area (Å²) in [4.78, 5) is 11.7. The fourth-order valence-electron chi connectivity index (χ4n) is 2.29. The number of aromatic nitrogens is 2. The summed E-state index contributed by atoms with van der Waals surface area (Å²) in [6.07, 6.45) is 1.57. The molecule has 1 atom stereocenters. The molecule has 0 radical (unpaired) electrons. The number of benzene rings is 1. The number of nitrogens with zero attached hydrogens (tertiary/aromatic N) is 2. The van der Waals surface area contributed by atoms with Gasteiger partial charge in [-0.3, -0.25) is 4.79 Å². The summed E-state index contributed by atoms with van der Waals surface area (Å²) >= 11 is 1.06. The highest BCUT2D eigenvalue weighted by molar-refractivity contribution is 7.00. The van der Waals surface area contributed by atoms with Crippen LogP contribution < -0.4 is 0 Å². The molecule has 0 saturated carbocycles. The normalized spacial score (nSPS) is 12.4. The number of esters is 1. The predicted molar refractivity (Wildman–Crippen MR) is 76.3 cm³/mol. The Morgan fingerprint density at radius 2 is 2.29 bits per heavy atom. The molecule has 21 heavy (non-hydrogen) atoms. The van der Waals surface area contributed by atoms with Gasteiger partial charge in [-0.2, -0.15) is 8.75 Å². The summed E-state index contributed by atoms with van der Waals surface area (Å²) in [5, 5.41) is 10.2. The van der Waals surface area contributed by atoms with Crippen LogP contribution in [0.4, 0.5) is 0 Å². The number of rotatable bonds is 4. The van der Waals surface area contributed by atoms with Crippen molar-refractivity contribution in [3.05, 3.63) is 41.9 Å². The topological polar surface area (TPSA) is 85.5 Å². The number of aromatic hydroxyl groups is 1. The summed E-state index contributed by atoms with van der Waals surface area (Å²) in [7, 11) is 1.33. The standard InChI is InChI=1S/C14H12N2O4S/c1-19-12(18)7-8(11-3-2-6-20-11)13-10(17)5-4-9-14(13)16-21-15-9/h2-6,8,17H,7H2,1H3. The van der Waals surface area contributed by atoms with Crippen LogP contribution in [0.25, 0.3) is 11.0 Å². The van der Waals surface area contributed by atoms with Crippen molar-refractivity contribution >= 4 is 28.7 Å². The predicted octanol–water partition coefficient (Wildman–Crippen LogP) is 2.68. The number of ether oxygens (including phenoxy) is 1. The van der Waals surface area contributed by atoms with Crippen LogP contribution in [0.1, 0.15) is 23.7 Å². The van der Waals surface area contributed by atoms with Gasteiger partial charge < -0.3 is 14.3 Å². The Labute approximate surface area is 124 Å². The zero-order chi connectivity index (χ0) is 14.8. The first-order valence-corrected chi connectivity index (χ1v) is 6.98. The molecule has 6 nitrogen and oxygen atoms in total. The Morgan fingerprint density at radius 1 is 1.43 bits per heavy atom. The summed E-state index contributed by atoms with van der Waals surface area (Å²) in [5.74, 6) is -0.243. The summed E-state index contributed by atoms with van der Waals surface area (Å²) in [5.41, 5.74) is 1.78. The van der Waals surface area contributed by atoms with Gasteiger partial charge in [-0.1, -0.05) is 0 Å². The van der Waals surface area contributed by atoms with Crippen LogP contribution >= 0.6 is 11.7 Å². The molecule has 0 aliphatic carbocycles. The van der Waals surface area contributed by atoms with Gasteiger partial charge in [0.2, 0.25) is 0 Å². The number of carbonyl (C=O) groups is 1. The molecule has 0 aliphatic rings. The smallest absolute Gasteiger partial charge is 0.306 e. The Morgan fingerprint density at radius 3 is 3.00 bits per heavy atom. The molecule has 7 heteroatoms. The maximum atomic E-state index is 11.7. The molecule has 0 bridgehead atoms. The van der Waals surface area contributed by atoms with Gasteiger partial charge in [0.1, 0.15) is 22.5 Å². The molecule has 0 amide bonds. The second-order valence-corrected chi connectivity index (χ2v) is 5.01. The Kier molecular flexibility index (Phi) is 3.57. The molecule has 1 aromatic carbocycles. The Bertz CT molecular complexity index is 766. The molecule has 1 unspecified atom stereocenters. The van der Waals surface area contributed by atoms with Crippen LogP contribution in [-0.4, -0.2) is 26.9 Å². The summed E-state index contributed by atoms with van der Waals surface area (Å²) < 4.78 is 18.5. The first-order valence-electron chi connectivity index (χ1n) is 6.25. The molecule has 2 heterocycles. The number of fused-ring (bicyclic) bond motifs is 1. The SMILES string of the molecule is COC(=O)CC(c1ccco1)c1c(O)ccc2nsnc12. The lowest BCUT2D eigenvalue weighted by molar-refractivity contribution is -0.140. The van der Waals surface area contributed by atoms with Crippen molar-refractivity contribution in [1.29, 1.82) is 0 Å². The second kappa shape index (κ2) is 5.53. The van der Waals surface area contributed by atoms with Gasteiger partial charge in [0.05, 0.1) is 37.4 Å². The molecular weight excluding hydrogens is 292 g/mol. The number of methoxy groups -OCH3 is 1. The number of phenols is 1. The average Bonchev–Trinajstić information content (AvgIpc) is 3.16. The number of hydrogen-bond acceptors (Lipinski definition) is 7. The van der Waals surface area contributed by atoms with Crippen LogP contribution in [0.15, 0.2) is 34.9 Å². The van der Waals surface area contributed by atoms with Gasteiger partial charge >= 0.3 is 5.97 Å². The van der Waals surface area contributed by atoms with E-state index >= 15 is 0 Å². The van der Waals surface area contributed by atoms with Gasteiger partial charge in [0, 0.05) is 5.56 Å². The third-order valence-corrected chi connectivity index (χ3v) is 3.82. The lowest BCUT2D eigenvalue weighted by Gasteiger charge is -2.15. The molecule has 108 valence electrons. The largest absolute Gasteiger partial charge is 0.508 e. The minimum Gasteiger partial charge on any atom is -0.508 e. The van der Waals surface area contributed by atoms with Crippen LogP contribution in [0.2, 0.25) is 0 Å². The third-order valence-electron chi connectivity index (χ3n) is 3.28. The van der Waals surface area contributed by atoms with Gasteiger partial charge in [-0.05, 0) is 24.3 Å². The fraction of sp³-hybridized carbons (Fsp3) is 0.214. The third kappa shape index (κ3) is 2.47. The first kappa shape index (κ1) is 13.6.